The van der Waals surface area contributed by atoms with Crippen LogP contribution >= 0.6 is 0 Å². The third-order valence-electron chi connectivity index (χ3n) is 3.65. The Balaban J connectivity index is 2.05. The zero-order chi connectivity index (χ0) is 14.5. The minimum Gasteiger partial charge on any atom is -0.507 e. The molecule has 2 rings (SSSR count). The second kappa shape index (κ2) is 6.61. The topological polar surface area (TPSA) is 59.0 Å². The Morgan fingerprint density at radius 3 is 2.80 bits per heavy atom. The van der Waals surface area contributed by atoms with Gasteiger partial charge in [-0.3, -0.25) is 4.79 Å². The Morgan fingerprint density at radius 2 is 2.15 bits per heavy atom. The van der Waals surface area contributed by atoms with Crippen LogP contribution in [0.3, 0.4) is 0 Å². The molecule has 0 saturated carbocycles. The highest BCUT2D eigenvalue weighted by Gasteiger charge is 2.21. The van der Waals surface area contributed by atoms with Gasteiger partial charge in [-0.25, -0.2) is 0 Å². The van der Waals surface area contributed by atoms with Crippen LogP contribution in [0.5, 0.6) is 11.5 Å². The summed E-state index contributed by atoms with van der Waals surface area (Å²) in [6.45, 7) is 2.20. The van der Waals surface area contributed by atoms with Gasteiger partial charge in [-0.1, -0.05) is 0 Å². The van der Waals surface area contributed by atoms with Gasteiger partial charge >= 0.3 is 0 Å². The van der Waals surface area contributed by atoms with Crippen LogP contribution < -0.4 is 4.74 Å². The van der Waals surface area contributed by atoms with Crippen LogP contribution in [0.4, 0.5) is 0 Å². The lowest BCUT2D eigenvalue weighted by molar-refractivity contribution is 0.0496. The highest BCUT2D eigenvalue weighted by molar-refractivity contribution is 5.97. The molecule has 1 amide bonds. The quantitative estimate of drug-likeness (QED) is 0.914. The number of carbonyl (C=O) groups excluding carboxylic acids is 1. The lowest BCUT2D eigenvalue weighted by Gasteiger charge is -2.27. The summed E-state index contributed by atoms with van der Waals surface area (Å²) in [6.07, 6.45) is 1.95. The van der Waals surface area contributed by atoms with Crippen molar-refractivity contribution in [2.75, 3.05) is 33.9 Å². The fourth-order valence-electron chi connectivity index (χ4n) is 2.42. The van der Waals surface area contributed by atoms with Crippen LogP contribution in [0, 0.1) is 5.92 Å². The molecule has 1 aromatic carbocycles. The van der Waals surface area contributed by atoms with Gasteiger partial charge in [0.15, 0.2) is 0 Å². The summed E-state index contributed by atoms with van der Waals surface area (Å²) in [5, 5.41) is 9.83. The van der Waals surface area contributed by atoms with Gasteiger partial charge in [0.1, 0.15) is 11.5 Å². The molecule has 1 aromatic rings. The molecule has 0 radical (unpaired) electrons. The number of amides is 1. The predicted molar refractivity (Wildman–Crippen MR) is 75.2 cm³/mol. The maximum absolute atomic E-state index is 12.4. The zero-order valence-electron chi connectivity index (χ0n) is 12.0. The third kappa shape index (κ3) is 3.42. The fourth-order valence-corrected chi connectivity index (χ4v) is 2.42. The summed E-state index contributed by atoms with van der Waals surface area (Å²) in [5.74, 6) is 0.818. The maximum Gasteiger partial charge on any atom is 0.257 e. The van der Waals surface area contributed by atoms with Crippen molar-refractivity contribution in [1.82, 2.24) is 4.90 Å². The molecule has 1 fully saturated rings. The van der Waals surface area contributed by atoms with E-state index in [2.05, 4.69) is 0 Å². The number of nitrogens with zero attached hydrogens (tertiary/aromatic N) is 1. The molecule has 1 saturated heterocycles. The summed E-state index contributed by atoms with van der Waals surface area (Å²) < 4.78 is 10.4. The van der Waals surface area contributed by atoms with E-state index in [0.29, 0.717) is 18.2 Å². The van der Waals surface area contributed by atoms with Crippen LogP contribution in [0.1, 0.15) is 23.2 Å². The molecule has 1 aliphatic rings. The number of benzene rings is 1. The Labute approximate surface area is 119 Å². The molecule has 20 heavy (non-hydrogen) atoms. The number of aromatic hydroxyl groups is 1. The molecule has 0 unspecified atom stereocenters. The van der Waals surface area contributed by atoms with E-state index in [1.54, 1.807) is 24.1 Å². The van der Waals surface area contributed by atoms with Gasteiger partial charge in [0.05, 0.1) is 12.7 Å². The molecule has 0 aliphatic carbocycles. The molecule has 110 valence electrons. The van der Waals surface area contributed by atoms with Crippen molar-refractivity contribution in [2.24, 2.45) is 5.92 Å². The van der Waals surface area contributed by atoms with Crippen molar-refractivity contribution < 1.29 is 19.4 Å². The van der Waals surface area contributed by atoms with Crippen molar-refractivity contribution in [2.45, 2.75) is 12.8 Å². The normalized spacial score (nSPS) is 15.9. The summed E-state index contributed by atoms with van der Waals surface area (Å²) >= 11 is 0. The molecule has 5 nitrogen and oxygen atoms in total. The SMILES string of the molecule is COc1ccc(O)c(C(=O)N(C)CC2CCOCC2)c1. The largest absolute Gasteiger partial charge is 0.507 e. The summed E-state index contributed by atoms with van der Waals surface area (Å²) in [4.78, 5) is 14.0. The second-order valence-electron chi connectivity index (χ2n) is 5.12. The number of rotatable bonds is 4. The fraction of sp³-hybridized carbons (Fsp3) is 0.533. The zero-order valence-corrected chi connectivity index (χ0v) is 12.0. The molecule has 0 spiro atoms. The Kier molecular flexibility index (Phi) is 4.84. The van der Waals surface area contributed by atoms with Crippen molar-refractivity contribution in [3.8, 4) is 11.5 Å². The molecule has 0 atom stereocenters. The third-order valence-corrected chi connectivity index (χ3v) is 3.65. The van der Waals surface area contributed by atoms with E-state index in [1.807, 2.05) is 0 Å². The van der Waals surface area contributed by atoms with Gasteiger partial charge in [-0.15, -0.1) is 0 Å². The van der Waals surface area contributed by atoms with E-state index in [1.165, 1.54) is 13.2 Å². The Bertz CT molecular complexity index is 469. The molecule has 1 N–H and O–H groups in total. The van der Waals surface area contributed by atoms with Crippen molar-refractivity contribution in [3.05, 3.63) is 23.8 Å². The number of ether oxygens (including phenoxy) is 2. The smallest absolute Gasteiger partial charge is 0.257 e. The van der Waals surface area contributed by atoms with E-state index in [0.717, 1.165) is 26.1 Å². The van der Waals surface area contributed by atoms with Crippen LogP contribution in [0.15, 0.2) is 18.2 Å². The van der Waals surface area contributed by atoms with Crippen molar-refractivity contribution >= 4 is 5.91 Å². The first-order valence-corrected chi connectivity index (χ1v) is 6.82. The number of phenolic OH excluding ortho intramolecular Hbond substituents is 1. The highest BCUT2D eigenvalue weighted by Crippen LogP contribution is 2.25. The second-order valence-corrected chi connectivity index (χ2v) is 5.12. The summed E-state index contributed by atoms with van der Waals surface area (Å²) in [5.41, 5.74) is 0.277. The van der Waals surface area contributed by atoms with E-state index < -0.39 is 0 Å². The first-order valence-electron chi connectivity index (χ1n) is 6.82. The van der Waals surface area contributed by atoms with E-state index in [-0.39, 0.29) is 17.2 Å². The van der Waals surface area contributed by atoms with Crippen molar-refractivity contribution in [3.63, 3.8) is 0 Å². The van der Waals surface area contributed by atoms with Crippen LogP contribution in [-0.2, 0) is 4.74 Å². The minimum absolute atomic E-state index is 0.0189. The lowest BCUT2D eigenvalue weighted by atomic mass is 9.99. The molecule has 1 heterocycles. The van der Waals surface area contributed by atoms with Gasteiger partial charge in [0, 0.05) is 26.8 Å². The standard InChI is InChI=1S/C15H21NO4/c1-16(10-11-5-7-20-8-6-11)15(18)13-9-12(19-2)3-4-14(13)17/h3-4,9,11,17H,5-8,10H2,1-2H3. The average Bonchev–Trinajstić information content (AvgIpc) is 2.48. The monoisotopic (exact) mass is 279 g/mol. The minimum atomic E-state index is -0.187. The number of phenols is 1. The Hall–Kier alpha value is -1.75. The van der Waals surface area contributed by atoms with Gasteiger partial charge in [0.25, 0.3) is 5.91 Å². The first-order chi connectivity index (χ1) is 9.61. The lowest BCUT2D eigenvalue weighted by Crippen LogP contribution is -2.34. The number of hydrogen-bond acceptors (Lipinski definition) is 4. The highest BCUT2D eigenvalue weighted by atomic mass is 16.5. The van der Waals surface area contributed by atoms with Crippen LogP contribution in [0.2, 0.25) is 0 Å². The predicted octanol–water partition coefficient (Wildman–Crippen LogP) is 1.90. The van der Waals surface area contributed by atoms with Gasteiger partial charge < -0.3 is 19.5 Å². The van der Waals surface area contributed by atoms with E-state index in [9.17, 15) is 9.90 Å². The van der Waals surface area contributed by atoms with Crippen molar-refractivity contribution in [1.29, 1.82) is 0 Å². The molecular formula is C15H21NO4. The Morgan fingerprint density at radius 1 is 1.45 bits per heavy atom. The summed E-state index contributed by atoms with van der Waals surface area (Å²) in [7, 11) is 3.29. The molecule has 5 heteroatoms. The number of methoxy groups -OCH3 is 1. The van der Waals surface area contributed by atoms with E-state index >= 15 is 0 Å². The van der Waals surface area contributed by atoms with Gasteiger partial charge in [0.2, 0.25) is 0 Å². The molecular weight excluding hydrogens is 258 g/mol. The molecule has 0 bridgehead atoms. The van der Waals surface area contributed by atoms with Crippen LogP contribution in [0.25, 0.3) is 0 Å². The molecule has 0 aromatic heterocycles. The number of carbonyl (C=O) groups is 1. The van der Waals surface area contributed by atoms with Crippen LogP contribution in [-0.4, -0.2) is 49.8 Å². The maximum atomic E-state index is 12.4. The average molecular weight is 279 g/mol. The number of hydrogen-bond donors (Lipinski definition) is 1. The molecule has 1 aliphatic heterocycles. The van der Waals surface area contributed by atoms with E-state index in [4.69, 9.17) is 9.47 Å². The first kappa shape index (κ1) is 14.7. The summed E-state index contributed by atoms with van der Waals surface area (Å²) in [6, 6.07) is 4.68. The van der Waals surface area contributed by atoms with Gasteiger partial charge in [-0.05, 0) is 37.0 Å². The van der Waals surface area contributed by atoms with Gasteiger partial charge in [-0.2, -0.15) is 0 Å².